The van der Waals surface area contributed by atoms with Gasteiger partial charge in [-0.2, -0.15) is 0 Å². The second-order valence-corrected chi connectivity index (χ2v) is 15.9. The molecule has 7 nitrogen and oxygen atoms in total. The highest BCUT2D eigenvalue weighted by Gasteiger charge is 2.40. The molecule has 8 aromatic carbocycles. The Morgan fingerprint density at radius 2 is 0.779 bits per heavy atom. The zero-order valence-corrected chi connectivity index (χ0v) is 36.9. The van der Waals surface area contributed by atoms with E-state index < -0.39 is 28.7 Å². The molecule has 10 rings (SSSR count). The molecule has 2 heterocycles. The number of benzene rings is 8. The Hall–Kier alpha value is -8.82. The molecule has 332 valence electrons. The summed E-state index contributed by atoms with van der Waals surface area (Å²) >= 11 is 0. The largest absolute Gasteiger partial charge is 0.465 e. The topological polar surface area (TPSA) is 79.0 Å². The van der Waals surface area contributed by atoms with E-state index in [0.29, 0.717) is 17.7 Å². The van der Waals surface area contributed by atoms with E-state index >= 15 is 4.39 Å². The minimum Gasteiger partial charge on any atom is -0.465 e. The molecule has 68 heavy (non-hydrogen) atoms. The summed E-state index contributed by atoms with van der Waals surface area (Å²) in [5.41, 5.74) is 6.09. The second-order valence-electron chi connectivity index (χ2n) is 15.9. The number of imidazole rings is 2. The number of carbonyl (C=O) groups is 2. The first-order valence-corrected chi connectivity index (χ1v) is 21.9. The van der Waals surface area contributed by atoms with Crippen LogP contribution in [0, 0.1) is 11.6 Å². The lowest BCUT2D eigenvalue weighted by atomic mass is 9.77. The number of rotatable bonds is 12. The number of ether oxygens (including phenoxy) is 1. The van der Waals surface area contributed by atoms with Gasteiger partial charge in [-0.3, -0.25) is 4.79 Å². The monoisotopic (exact) mass is 894 g/mol. The van der Waals surface area contributed by atoms with Crippen LogP contribution < -0.4 is 0 Å². The van der Waals surface area contributed by atoms with Crippen LogP contribution in [0.4, 0.5) is 8.78 Å². The molecule has 0 spiro atoms. The number of methoxy groups -OCH3 is 1. The first-order chi connectivity index (χ1) is 33.4. The van der Waals surface area contributed by atoms with Crippen molar-refractivity contribution in [2.24, 2.45) is 0 Å². The van der Waals surface area contributed by atoms with Gasteiger partial charge in [0.15, 0.2) is 6.29 Å². The lowest BCUT2D eigenvalue weighted by Crippen LogP contribution is -2.36. The maximum Gasteiger partial charge on any atom is 0.338 e. The number of aldehydes is 1. The first kappa shape index (κ1) is 44.4. The number of halogens is 2. The number of esters is 1. The van der Waals surface area contributed by atoms with Crippen molar-refractivity contribution in [1.29, 1.82) is 0 Å². The van der Waals surface area contributed by atoms with Crippen molar-refractivity contribution in [2.75, 3.05) is 7.11 Å². The van der Waals surface area contributed by atoms with Crippen LogP contribution in [0.5, 0.6) is 0 Å². The van der Waals surface area contributed by atoms with Gasteiger partial charge in [-0.15, -0.1) is 0 Å². The molecule has 0 aliphatic carbocycles. The predicted octanol–water partition coefficient (Wildman–Crippen LogP) is 12.7. The third-order valence-corrected chi connectivity index (χ3v) is 12.2. The SMILES string of the molecule is COC(=O)c1cccc(F)c1-c1cn(C(c2ccccc2)(c2ccccc2)c2ccccc2)cn1.O=Cc1cccc(F)c1-c1cn(C(c2ccccc2)(c2ccccc2)c2ccccc2)cn1. The van der Waals surface area contributed by atoms with Gasteiger partial charge < -0.3 is 13.9 Å². The predicted molar refractivity (Wildman–Crippen MR) is 261 cm³/mol. The van der Waals surface area contributed by atoms with Gasteiger partial charge in [0.25, 0.3) is 0 Å². The van der Waals surface area contributed by atoms with Crippen molar-refractivity contribution < 1.29 is 23.1 Å². The lowest BCUT2D eigenvalue weighted by molar-refractivity contribution is 0.0601. The zero-order chi connectivity index (χ0) is 46.9. The standard InChI is InChI=1S/C30H23FN2O2.C29H21FN2O/c1-35-29(34)25-18-11-19-26(31)28(25)27-20-33(21-32-27)30(22-12-5-2-6-13-22,23-14-7-3-8-15-23)24-16-9-4-10-17-24;30-26-18-10-11-22(20-33)28(26)27-19-32(21-31-27)29(23-12-4-1-5-13-23,24-14-6-2-7-15-24)25-16-8-3-9-17-25/h2-21H,1H3;1-21H. The number of hydrogen-bond acceptors (Lipinski definition) is 5. The Labute approximate surface area is 393 Å². The smallest absolute Gasteiger partial charge is 0.338 e. The molecule has 0 N–H and O–H groups in total. The number of aromatic nitrogens is 4. The van der Waals surface area contributed by atoms with Crippen molar-refractivity contribution in [1.82, 2.24) is 19.1 Å². The summed E-state index contributed by atoms with van der Waals surface area (Å²) in [5, 5.41) is 0. The molecule has 0 saturated carbocycles. The van der Waals surface area contributed by atoms with Crippen molar-refractivity contribution >= 4 is 12.3 Å². The van der Waals surface area contributed by atoms with Gasteiger partial charge in [0.2, 0.25) is 0 Å². The van der Waals surface area contributed by atoms with Crippen LogP contribution in [0.2, 0.25) is 0 Å². The Morgan fingerprint density at radius 1 is 0.456 bits per heavy atom. The fourth-order valence-corrected chi connectivity index (χ4v) is 9.22. The summed E-state index contributed by atoms with van der Waals surface area (Å²) in [5.74, 6) is -1.63. The van der Waals surface area contributed by atoms with Crippen molar-refractivity contribution in [3.8, 4) is 22.5 Å². The summed E-state index contributed by atoms with van der Waals surface area (Å²) in [4.78, 5) is 33.2. The Balaban J connectivity index is 0.000000170. The van der Waals surface area contributed by atoms with Crippen LogP contribution in [-0.2, 0) is 15.8 Å². The molecule has 0 amide bonds. The van der Waals surface area contributed by atoms with Gasteiger partial charge in [0.05, 0.1) is 42.3 Å². The van der Waals surface area contributed by atoms with Gasteiger partial charge in [-0.25, -0.2) is 23.5 Å². The molecule has 0 saturated heterocycles. The Bertz CT molecular complexity index is 3080. The van der Waals surface area contributed by atoms with Gasteiger partial charge in [0, 0.05) is 23.5 Å². The molecule has 0 atom stereocenters. The normalized spacial score (nSPS) is 11.3. The van der Waals surface area contributed by atoms with Crippen molar-refractivity contribution in [3.05, 3.63) is 300 Å². The highest BCUT2D eigenvalue weighted by molar-refractivity contribution is 5.96. The van der Waals surface area contributed by atoms with Crippen LogP contribution in [0.3, 0.4) is 0 Å². The number of carbonyl (C=O) groups excluding carboxylic acids is 2. The number of nitrogens with zero attached hydrogens (tertiary/aromatic N) is 4. The zero-order valence-electron chi connectivity index (χ0n) is 36.9. The first-order valence-electron chi connectivity index (χ1n) is 21.9. The summed E-state index contributed by atoms with van der Waals surface area (Å²) in [7, 11) is 1.28. The summed E-state index contributed by atoms with van der Waals surface area (Å²) in [6.45, 7) is 0. The highest BCUT2D eigenvalue weighted by atomic mass is 19.1. The quantitative estimate of drug-likeness (QED) is 0.0693. The van der Waals surface area contributed by atoms with Crippen molar-refractivity contribution in [2.45, 2.75) is 11.1 Å². The molecule has 9 heteroatoms. The summed E-state index contributed by atoms with van der Waals surface area (Å²) in [6.07, 6.45) is 7.67. The average molecular weight is 895 g/mol. The fraction of sp³-hybridized carbons (Fsp3) is 0.0508. The molecule has 0 unspecified atom stereocenters. The Kier molecular flexibility index (Phi) is 12.9. The highest BCUT2D eigenvalue weighted by Crippen LogP contribution is 2.43. The van der Waals surface area contributed by atoms with Crippen LogP contribution in [-0.4, -0.2) is 38.5 Å². The van der Waals surface area contributed by atoms with E-state index in [0.717, 1.165) is 33.4 Å². The maximum absolute atomic E-state index is 15.1. The number of hydrogen-bond donors (Lipinski definition) is 0. The third kappa shape index (κ3) is 8.11. The second kappa shape index (κ2) is 19.7. The molecule has 10 aromatic rings. The molecular weight excluding hydrogens is 851 g/mol. The van der Waals surface area contributed by atoms with E-state index in [1.165, 1.54) is 31.4 Å². The van der Waals surface area contributed by atoms with E-state index in [9.17, 15) is 14.0 Å². The van der Waals surface area contributed by atoms with E-state index in [-0.39, 0.29) is 22.3 Å². The van der Waals surface area contributed by atoms with Crippen LogP contribution >= 0.6 is 0 Å². The lowest BCUT2D eigenvalue weighted by Gasteiger charge is -2.37. The fourth-order valence-electron chi connectivity index (χ4n) is 9.22. The maximum atomic E-state index is 15.1. The molecular formula is C59H44F2N4O3. The van der Waals surface area contributed by atoms with Crippen LogP contribution in [0.15, 0.2) is 243 Å². The minimum atomic E-state index is -0.786. The Morgan fingerprint density at radius 3 is 1.12 bits per heavy atom. The summed E-state index contributed by atoms with van der Waals surface area (Å²) in [6, 6.07) is 69.7. The molecule has 0 aliphatic rings. The van der Waals surface area contributed by atoms with E-state index in [1.54, 1.807) is 31.0 Å². The van der Waals surface area contributed by atoms with Gasteiger partial charge in [-0.1, -0.05) is 200 Å². The van der Waals surface area contributed by atoms with E-state index in [1.807, 2.05) is 125 Å². The van der Waals surface area contributed by atoms with Gasteiger partial charge in [0.1, 0.15) is 22.7 Å². The third-order valence-electron chi connectivity index (χ3n) is 12.2. The van der Waals surface area contributed by atoms with E-state index in [4.69, 9.17) is 4.74 Å². The van der Waals surface area contributed by atoms with Crippen LogP contribution in [0.1, 0.15) is 54.1 Å². The molecule has 0 fully saturated rings. The minimum absolute atomic E-state index is 0.112. The molecule has 0 bridgehead atoms. The molecule has 2 aromatic heterocycles. The average Bonchev–Trinajstić information content (AvgIpc) is 4.10. The van der Waals surface area contributed by atoms with Gasteiger partial charge in [-0.05, 0) is 51.6 Å². The molecule has 0 radical (unpaired) electrons. The molecule has 0 aliphatic heterocycles. The van der Waals surface area contributed by atoms with Gasteiger partial charge >= 0.3 is 5.97 Å². The van der Waals surface area contributed by atoms with E-state index in [2.05, 4.69) is 82.8 Å². The van der Waals surface area contributed by atoms with Crippen LogP contribution in [0.25, 0.3) is 22.5 Å². The van der Waals surface area contributed by atoms with Crippen molar-refractivity contribution in [3.63, 3.8) is 0 Å². The summed E-state index contributed by atoms with van der Waals surface area (Å²) < 4.78 is 38.7.